The molecule has 0 spiro atoms. The number of imidazole rings is 1. The summed E-state index contributed by atoms with van der Waals surface area (Å²) in [7, 11) is 0. The lowest BCUT2D eigenvalue weighted by Crippen LogP contribution is -2.55. The summed E-state index contributed by atoms with van der Waals surface area (Å²) in [5.74, 6) is -0.0264. The van der Waals surface area contributed by atoms with E-state index in [9.17, 15) is 22.8 Å². The van der Waals surface area contributed by atoms with Crippen LogP contribution in [0.1, 0.15) is 28.9 Å². The summed E-state index contributed by atoms with van der Waals surface area (Å²) in [6.07, 6.45) is 2.10. The van der Waals surface area contributed by atoms with E-state index in [1.54, 1.807) is 34.1 Å². The zero-order valence-corrected chi connectivity index (χ0v) is 25.2. The number of piperidine rings is 1. The number of nitrogens with zero attached hydrogens (tertiary/aromatic N) is 9. The largest absolute Gasteiger partial charge is 0.435 e. The second kappa shape index (κ2) is 12.5. The van der Waals surface area contributed by atoms with Gasteiger partial charge < -0.3 is 25.8 Å². The van der Waals surface area contributed by atoms with Crippen LogP contribution in [0.25, 0.3) is 16.9 Å². The first-order chi connectivity index (χ1) is 22.0. The normalized spacial score (nSPS) is 16.1. The molecular formula is C29H29ClF3N11O2. The number of nitrogens with two attached hydrogens (primary N) is 1. The lowest BCUT2D eigenvalue weighted by atomic mass is 10.1. The molecule has 3 amide bonds. The Hall–Kier alpha value is -4.88. The van der Waals surface area contributed by atoms with Crippen LogP contribution in [0.3, 0.4) is 0 Å². The minimum absolute atomic E-state index is 0.0319. The quantitative estimate of drug-likeness (QED) is 0.329. The fourth-order valence-corrected chi connectivity index (χ4v) is 5.90. The van der Waals surface area contributed by atoms with Crippen LogP contribution in [0.2, 0.25) is 5.02 Å². The van der Waals surface area contributed by atoms with Gasteiger partial charge in [0.1, 0.15) is 6.54 Å². The number of rotatable bonds is 5. The van der Waals surface area contributed by atoms with Crippen LogP contribution < -0.4 is 11.1 Å². The van der Waals surface area contributed by atoms with Gasteiger partial charge in [0.25, 0.3) is 5.91 Å². The summed E-state index contributed by atoms with van der Waals surface area (Å²) in [6, 6.07) is 6.66. The number of benzene rings is 1. The van der Waals surface area contributed by atoms with Crippen LogP contribution in [0.4, 0.5) is 29.5 Å². The maximum absolute atomic E-state index is 13.8. The predicted octanol–water partition coefficient (Wildman–Crippen LogP) is 3.83. The molecule has 0 aliphatic carbocycles. The number of nitriles is 1. The second-order valence-electron chi connectivity index (χ2n) is 11.1. The number of hydrogen-bond donors (Lipinski definition) is 2. The maximum atomic E-state index is 13.8. The van der Waals surface area contributed by atoms with E-state index in [2.05, 4.69) is 20.4 Å². The average Bonchev–Trinajstić information content (AvgIpc) is 3.66. The number of fused-ring (bicyclic) bond motifs is 1. The van der Waals surface area contributed by atoms with Gasteiger partial charge >= 0.3 is 12.2 Å². The Labute approximate surface area is 265 Å². The number of carbonyl (C=O) groups is 2. The highest BCUT2D eigenvalue weighted by Gasteiger charge is 2.38. The molecule has 13 nitrogen and oxygen atoms in total. The number of alkyl halides is 3. The summed E-state index contributed by atoms with van der Waals surface area (Å²) in [5.41, 5.74) is 5.68. The Balaban J connectivity index is 1.15. The monoisotopic (exact) mass is 655 g/mol. The molecule has 3 aromatic heterocycles. The van der Waals surface area contributed by atoms with Gasteiger partial charge in [-0.3, -0.25) is 13.9 Å². The minimum Gasteiger partial charge on any atom is -0.337 e. The van der Waals surface area contributed by atoms with E-state index in [1.807, 2.05) is 4.90 Å². The van der Waals surface area contributed by atoms with Crippen LogP contribution in [0.15, 0.2) is 43.0 Å². The van der Waals surface area contributed by atoms with Crippen molar-refractivity contribution in [2.24, 2.45) is 5.73 Å². The molecule has 3 N–H and O–H groups in total. The first kappa shape index (κ1) is 31.1. The van der Waals surface area contributed by atoms with Crippen molar-refractivity contribution in [2.75, 3.05) is 44.6 Å². The molecule has 6 rings (SSSR count). The molecule has 0 bridgehead atoms. The van der Waals surface area contributed by atoms with Gasteiger partial charge in [0, 0.05) is 69.6 Å². The van der Waals surface area contributed by atoms with Gasteiger partial charge in [-0.05, 0) is 31.0 Å². The highest BCUT2D eigenvalue weighted by Crippen LogP contribution is 2.37. The number of halogens is 4. The summed E-state index contributed by atoms with van der Waals surface area (Å²) in [6.45, 7) is 2.48. The number of hydrogen-bond acceptors (Lipinski definition) is 8. The number of nitrogens with one attached hydrogen (secondary N) is 1. The molecule has 2 fully saturated rings. The SMILES string of the molecule is N#CCn1cc(-c2cnc3c(Nc4ccc(C(=O)N5CCN(C(=O)N6CCC(N)CC6)CC5)c(Cl)c4)nccn23)c(C(F)(F)F)n1. The first-order valence-corrected chi connectivity index (χ1v) is 14.9. The number of anilines is 2. The van der Waals surface area contributed by atoms with Crippen LogP contribution >= 0.6 is 11.6 Å². The van der Waals surface area contributed by atoms with Gasteiger partial charge in [0.05, 0.1) is 34.1 Å². The van der Waals surface area contributed by atoms with Crippen molar-refractivity contribution in [3.05, 3.63) is 59.3 Å². The van der Waals surface area contributed by atoms with Gasteiger partial charge in [-0.15, -0.1) is 0 Å². The Morgan fingerprint density at radius 1 is 1.07 bits per heavy atom. The lowest BCUT2D eigenvalue weighted by molar-refractivity contribution is -0.141. The predicted molar refractivity (Wildman–Crippen MR) is 161 cm³/mol. The molecule has 0 atom stereocenters. The molecule has 0 unspecified atom stereocenters. The molecule has 46 heavy (non-hydrogen) atoms. The van der Waals surface area contributed by atoms with Gasteiger partial charge in [-0.25, -0.2) is 14.8 Å². The Morgan fingerprint density at radius 3 is 2.43 bits per heavy atom. The van der Waals surface area contributed by atoms with E-state index >= 15 is 0 Å². The molecule has 240 valence electrons. The standard InChI is InChI=1S/C29H29ClF3N11O2/c30-22-15-19(1-2-20(22)27(45)40-11-13-42(14-12-40)28(46)41-7-3-18(35)4-8-41)38-25-26-37-16-23(44(26)10-6-36-25)21-17-43(9-5-34)39-24(21)29(31,32)33/h1-2,6,10,15-18H,3-4,7-9,11-14,35H2,(H,36,38). The fourth-order valence-electron chi connectivity index (χ4n) is 5.64. The minimum atomic E-state index is -4.75. The zero-order chi connectivity index (χ0) is 32.6. The van der Waals surface area contributed by atoms with E-state index in [0.29, 0.717) is 50.5 Å². The van der Waals surface area contributed by atoms with Crippen molar-refractivity contribution in [1.82, 2.24) is 38.8 Å². The number of amides is 3. The van der Waals surface area contributed by atoms with E-state index < -0.39 is 11.9 Å². The number of likely N-dealkylation sites (tertiary alicyclic amines) is 1. The van der Waals surface area contributed by atoms with Gasteiger partial charge in [0.15, 0.2) is 17.2 Å². The van der Waals surface area contributed by atoms with Crippen molar-refractivity contribution in [3.8, 4) is 17.3 Å². The van der Waals surface area contributed by atoms with Crippen LogP contribution in [-0.2, 0) is 12.7 Å². The molecular weight excluding hydrogens is 627 g/mol. The zero-order valence-electron chi connectivity index (χ0n) is 24.4. The second-order valence-corrected chi connectivity index (χ2v) is 11.5. The summed E-state index contributed by atoms with van der Waals surface area (Å²) < 4.78 is 43.6. The maximum Gasteiger partial charge on any atom is 0.435 e. The third-order valence-corrected chi connectivity index (χ3v) is 8.39. The first-order valence-electron chi connectivity index (χ1n) is 14.5. The molecule has 4 aromatic rings. The average molecular weight is 656 g/mol. The number of urea groups is 1. The van der Waals surface area contributed by atoms with E-state index in [-0.39, 0.29) is 52.3 Å². The van der Waals surface area contributed by atoms with Gasteiger partial charge in [-0.1, -0.05) is 11.6 Å². The molecule has 2 saturated heterocycles. The molecule has 17 heteroatoms. The molecule has 0 radical (unpaired) electrons. The van der Waals surface area contributed by atoms with Crippen LogP contribution in [0, 0.1) is 11.3 Å². The smallest absolute Gasteiger partial charge is 0.337 e. The number of carbonyl (C=O) groups excluding carboxylic acids is 2. The highest BCUT2D eigenvalue weighted by atomic mass is 35.5. The van der Waals surface area contributed by atoms with Crippen LogP contribution in [-0.4, -0.2) is 96.1 Å². The van der Waals surface area contributed by atoms with E-state index in [4.69, 9.17) is 22.6 Å². The van der Waals surface area contributed by atoms with Crippen LogP contribution in [0.5, 0.6) is 0 Å². The summed E-state index contributed by atoms with van der Waals surface area (Å²) in [4.78, 5) is 40.0. The molecule has 2 aliphatic heterocycles. The molecule has 2 aliphatic rings. The topological polar surface area (TPSA) is 154 Å². The van der Waals surface area contributed by atoms with E-state index in [0.717, 1.165) is 23.7 Å². The number of piperazine rings is 1. The summed E-state index contributed by atoms with van der Waals surface area (Å²) >= 11 is 6.54. The molecule has 5 heterocycles. The fraction of sp³-hybridized carbons (Fsp3) is 0.379. The number of aromatic nitrogens is 5. The van der Waals surface area contributed by atoms with Crippen molar-refractivity contribution >= 4 is 40.7 Å². The van der Waals surface area contributed by atoms with Crippen molar-refractivity contribution in [1.29, 1.82) is 5.26 Å². The van der Waals surface area contributed by atoms with Crippen molar-refractivity contribution in [3.63, 3.8) is 0 Å². The summed E-state index contributed by atoms with van der Waals surface area (Å²) in [5, 5.41) is 15.8. The van der Waals surface area contributed by atoms with Gasteiger partial charge in [0.2, 0.25) is 0 Å². The molecule has 0 saturated carbocycles. The molecule has 1 aromatic carbocycles. The van der Waals surface area contributed by atoms with Gasteiger partial charge in [-0.2, -0.15) is 23.5 Å². The van der Waals surface area contributed by atoms with Crippen molar-refractivity contribution < 1.29 is 22.8 Å². The Bertz CT molecular complexity index is 1820. The Morgan fingerprint density at radius 2 is 1.76 bits per heavy atom. The lowest BCUT2D eigenvalue weighted by Gasteiger charge is -2.39. The third kappa shape index (κ3) is 6.15. The third-order valence-electron chi connectivity index (χ3n) is 8.08. The highest BCUT2D eigenvalue weighted by molar-refractivity contribution is 6.34. The Kier molecular flexibility index (Phi) is 8.45. The van der Waals surface area contributed by atoms with E-state index in [1.165, 1.54) is 23.0 Å². The van der Waals surface area contributed by atoms with Crippen molar-refractivity contribution in [2.45, 2.75) is 31.6 Å².